The smallest absolute Gasteiger partial charge is 0.327 e. The number of imidazole rings is 2. The van der Waals surface area contributed by atoms with E-state index in [0.29, 0.717) is 22.2 Å². The van der Waals surface area contributed by atoms with E-state index in [4.69, 9.17) is 4.74 Å². The Hall–Kier alpha value is -4.74. The van der Waals surface area contributed by atoms with Crippen LogP contribution in [0.4, 0.5) is 0 Å². The standard InChI is InChI=1S/C21H17N9O3/c31-18-16(25-20(32)27-18)9-12-10-23-30-17(12)26-21(28-19(30)24-13-1-2-13)33-15-5-3-14(4-6-15)29-8-7-22-11-29/h3-11,13,31H,1-2H2,(H2,25,27,32)/b12-9+,24-19?. The average Bonchev–Trinajstić information content (AvgIpc) is 3.17. The second-order valence-corrected chi connectivity index (χ2v) is 7.55. The Morgan fingerprint density at radius 3 is 2.73 bits per heavy atom. The summed E-state index contributed by atoms with van der Waals surface area (Å²) in [6.45, 7) is 0. The van der Waals surface area contributed by atoms with Crippen LogP contribution in [-0.2, 0) is 0 Å². The van der Waals surface area contributed by atoms with Crippen molar-refractivity contribution in [3.63, 3.8) is 0 Å². The molecule has 0 aliphatic heterocycles. The Balaban J connectivity index is 1.43. The first-order chi connectivity index (χ1) is 16.1. The fourth-order valence-electron chi connectivity index (χ4n) is 3.31. The van der Waals surface area contributed by atoms with Gasteiger partial charge in [0.2, 0.25) is 5.88 Å². The third-order valence-corrected chi connectivity index (χ3v) is 5.09. The minimum atomic E-state index is -0.516. The number of aromatic hydroxyl groups is 1. The van der Waals surface area contributed by atoms with Gasteiger partial charge in [-0.05, 0) is 43.2 Å². The minimum Gasteiger partial charge on any atom is -0.493 e. The normalized spacial score (nSPS) is 14.9. The summed E-state index contributed by atoms with van der Waals surface area (Å²) in [6.07, 6.45) is 10.4. The fourth-order valence-corrected chi connectivity index (χ4v) is 3.31. The van der Waals surface area contributed by atoms with Gasteiger partial charge in [-0.3, -0.25) is 4.98 Å². The number of fused-ring (bicyclic) bond motifs is 1. The molecule has 12 heteroatoms. The SMILES string of the molecule is O=c1[nH]c(O)c(/C=c2\cnn3c(=NC4CC4)nc(Oc4ccc(-n5ccnc5)cc4)nc23)[nH]1. The van der Waals surface area contributed by atoms with E-state index in [1.54, 1.807) is 24.8 Å². The summed E-state index contributed by atoms with van der Waals surface area (Å²) in [4.78, 5) is 33.9. The van der Waals surface area contributed by atoms with Gasteiger partial charge in [0.05, 0.1) is 18.6 Å². The summed E-state index contributed by atoms with van der Waals surface area (Å²) in [6, 6.07) is 7.73. The Kier molecular flexibility index (Phi) is 4.28. The third-order valence-electron chi connectivity index (χ3n) is 5.09. The van der Waals surface area contributed by atoms with Gasteiger partial charge in [-0.15, -0.1) is 0 Å². The molecule has 5 aromatic rings. The molecular weight excluding hydrogens is 426 g/mol. The van der Waals surface area contributed by atoms with Gasteiger partial charge in [-0.25, -0.2) is 14.8 Å². The maximum absolute atomic E-state index is 11.5. The van der Waals surface area contributed by atoms with E-state index >= 15 is 0 Å². The number of benzene rings is 1. The second-order valence-electron chi connectivity index (χ2n) is 7.55. The average molecular weight is 443 g/mol. The van der Waals surface area contributed by atoms with Gasteiger partial charge in [0.15, 0.2) is 5.65 Å². The summed E-state index contributed by atoms with van der Waals surface area (Å²) in [5, 5.41) is 14.8. The number of H-pyrrole nitrogens is 2. The molecule has 4 aromatic heterocycles. The molecule has 1 aliphatic rings. The first-order valence-corrected chi connectivity index (χ1v) is 10.2. The fraction of sp³-hybridized carbons (Fsp3) is 0.143. The first-order valence-electron chi connectivity index (χ1n) is 10.2. The Bertz CT molecular complexity index is 1630. The molecule has 33 heavy (non-hydrogen) atoms. The summed E-state index contributed by atoms with van der Waals surface area (Å²) < 4.78 is 9.33. The van der Waals surface area contributed by atoms with Crippen molar-refractivity contribution < 1.29 is 9.84 Å². The first kappa shape index (κ1) is 19.0. The summed E-state index contributed by atoms with van der Waals surface area (Å²) >= 11 is 0. The lowest BCUT2D eigenvalue weighted by molar-refractivity contribution is 0.435. The molecule has 3 N–H and O–H groups in total. The van der Waals surface area contributed by atoms with E-state index in [2.05, 4.69) is 35.0 Å². The number of nitrogens with one attached hydrogen (secondary N) is 2. The highest BCUT2D eigenvalue weighted by Gasteiger charge is 2.21. The molecule has 0 amide bonds. The van der Waals surface area contributed by atoms with Crippen LogP contribution in [0.15, 0.2) is 59.0 Å². The number of hydrogen-bond donors (Lipinski definition) is 3. The van der Waals surface area contributed by atoms with Gasteiger partial charge in [0.25, 0.3) is 5.62 Å². The molecule has 164 valence electrons. The molecule has 1 fully saturated rings. The van der Waals surface area contributed by atoms with Crippen molar-refractivity contribution in [1.29, 1.82) is 0 Å². The zero-order valence-electron chi connectivity index (χ0n) is 17.1. The van der Waals surface area contributed by atoms with Crippen LogP contribution in [0.5, 0.6) is 17.6 Å². The Morgan fingerprint density at radius 1 is 1.18 bits per heavy atom. The molecule has 0 spiro atoms. The van der Waals surface area contributed by atoms with E-state index in [1.165, 1.54) is 4.52 Å². The maximum atomic E-state index is 11.5. The summed E-state index contributed by atoms with van der Waals surface area (Å²) in [5.74, 6) is 0.281. The van der Waals surface area contributed by atoms with Crippen molar-refractivity contribution in [1.82, 2.24) is 39.1 Å². The van der Waals surface area contributed by atoms with Crippen LogP contribution in [0.3, 0.4) is 0 Å². The van der Waals surface area contributed by atoms with Crippen molar-refractivity contribution >= 4 is 11.7 Å². The molecule has 1 saturated carbocycles. The summed E-state index contributed by atoms with van der Waals surface area (Å²) in [7, 11) is 0. The number of hydrogen-bond acceptors (Lipinski definition) is 8. The van der Waals surface area contributed by atoms with Gasteiger partial charge in [-0.2, -0.15) is 19.6 Å². The molecule has 1 aliphatic carbocycles. The number of rotatable bonds is 5. The highest BCUT2D eigenvalue weighted by atomic mass is 16.5. The lowest BCUT2D eigenvalue weighted by atomic mass is 10.3. The van der Waals surface area contributed by atoms with Crippen LogP contribution in [-0.4, -0.2) is 50.2 Å². The highest BCUT2D eigenvalue weighted by Crippen LogP contribution is 2.23. The third kappa shape index (κ3) is 3.73. The van der Waals surface area contributed by atoms with Crippen molar-refractivity contribution in [2.24, 2.45) is 4.99 Å². The van der Waals surface area contributed by atoms with Crippen LogP contribution in [0.25, 0.3) is 17.4 Å². The van der Waals surface area contributed by atoms with Crippen LogP contribution >= 0.6 is 0 Å². The van der Waals surface area contributed by atoms with Crippen molar-refractivity contribution in [3.05, 3.63) is 76.2 Å². The Morgan fingerprint density at radius 2 is 2.03 bits per heavy atom. The summed E-state index contributed by atoms with van der Waals surface area (Å²) in [5.41, 5.74) is 1.44. The molecule has 0 saturated heterocycles. The van der Waals surface area contributed by atoms with Crippen LogP contribution in [0.2, 0.25) is 0 Å². The maximum Gasteiger partial charge on any atom is 0.327 e. The highest BCUT2D eigenvalue weighted by molar-refractivity contribution is 5.56. The molecule has 0 bridgehead atoms. The van der Waals surface area contributed by atoms with Gasteiger partial charge in [-0.1, -0.05) is 0 Å². The molecular formula is C21H17N9O3. The number of nitrogens with zero attached hydrogens (tertiary/aromatic N) is 7. The zero-order valence-corrected chi connectivity index (χ0v) is 17.1. The second kappa shape index (κ2) is 7.44. The predicted octanol–water partition coefficient (Wildman–Crippen LogP) is 0.435. The van der Waals surface area contributed by atoms with E-state index in [0.717, 1.165) is 18.5 Å². The van der Waals surface area contributed by atoms with E-state index in [1.807, 2.05) is 35.0 Å². The zero-order chi connectivity index (χ0) is 22.4. The number of aromatic amines is 2. The largest absolute Gasteiger partial charge is 0.493 e. The number of aromatic nitrogens is 8. The van der Waals surface area contributed by atoms with Crippen LogP contribution in [0.1, 0.15) is 18.5 Å². The molecule has 0 radical (unpaired) electrons. The van der Waals surface area contributed by atoms with E-state index < -0.39 is 5.69 Å². The molecule has 6 rings (SSSR count). The van der Waals surface area contributed by atoms with Crippen LogP contribution < -0.4 is 21.3 Å². The minimum absolute atomic E-state index is 0.110. The van der Waals surface area contributed by atoms with E-state index in [9.17, 15) is 9.90 Å². The predicted molar refractivity (Wildman–Crippen MR) is 115 cm³/mol. The Labute approximate surface area is 184 Å². The topological polar surface area (TPSA) is 151 Å². The van der Waals surface area contributed by atoms with Crippen molar-refractivity contribution in [2.45, 2.75) is 18.9 Å². The van der Waals surface area contributed by atoms with Gasteiger partial charge in [0.1, 0.15) is 11.4 Å². The van der Waals surface area contributed by atoms with Gasteiger partial charge >= 0.3 is 11.7 Å². The van der Waals surface area contributed by atoms with Gasteiger partial charge < -0.3 is 19.4 Å². The lowest BCUT2D eigenvalue weighted by Crippen LogP contribution is -2.23. The molecule has 4 heterocycles. The van der Waals surface area contributed by atoms with Gasteiger partial charge in [0, 0.05) is 23.3 Å². The quantitative estimate of drug-likeness (QED) is 0.356. The lowest BCUT2D eigenvalue weighted by Gasteiger charge is -2.06. The van der Waals surface area contributed by atoms with Crippen LogP contribution in [0, 0.1) is 0 Å². The monoisotopic (exact) mass is 443 g/mol. The molecule has 0 unspecified atom stereocenters. The van der Waals surface area contributed by atoms with Crippen molar-refractivity contribution in [3.8, 4) is 23.3 Å². The molecule has 12 nitrogen and oxygen atoms in total. The molecule has 1 aromatic carbocycles. The van der Waals surface area contributed by atoms with E-state index in [-0.39, 0.29) is 23.6 Å². The molecule has 0 atom stereocenters. The number of ether oxygens (including phenoxy) is 1. The van der Waals surface area contributed by atoms with Crippen molar-refractivity contribution in [2.75, 3.05) is 0 Å².